The maximum Gasteiger partial charge on any atom is 0.322 e. The number of rotatable bonds is 3. The van der Waals surface area contributed by atoms with Crippen LogP contribution in [0.2, 0.25) is 0 Å². The third kappa shape index (κ3) is 2.68. The molecule has 0 fully saturated rings. The van der Waals surface area contributed by atoms with Crippen LogP contribution < -0.4 is 15.2 Å². The van der Waals surface area contributed by atoms with Crippen molar-refractivity contribution in [2.45, 2.75) is 12.5 Å². The van der Waals surface area contributed by atoms with Gasteiger partial charge in [-0.05, 0) is 24.1 Å². The monoisotopic (exact) mass is 237 g/mol. The highest BCUT2D eigenvalue weighted by molar-refractivity contribution is 5.75. The number of benzene rings is 1. The maximum atomic E-state index is 11.2. The molecule has 1 unspecified atom stereocenters. The van der Waals surface area contributed by atoms with Gasteiger partial charge in [0, 0.05) is 0 Å². The highest BCUT2D eigenvalue weighted by atomic mass is 16.6. The summed E-state index contributed by atoms with van der Waals surface area (Å²) < 4.78 is 15.4. The fourth-order valence-electron chi connectivity index (χ4n) is 1.70. The summed E-state index contributed by atoms with van der Waals surface area (Å²) in [4.78, 5) is 11.2. The number of carbonyl (C=O) groups excluding carboxylic acids is 1. The summed E-state index contributed by atoms with van der Waals surface area (Å²) in [5, 5.41) is 0. The first kappa shape index (κ1) is 11.7. The van der Waals surface area contributed by atoms with E-state index in [1.807, 2.05) is 18.2 Å². The van der Waals surface area contributed by atoms with Gasteiger partial charge in [0.25, 0.3) is 0 Å². The van der Waals surface area contributed by atoms with E-state index in [0.29, 0.717) is 25.4 Å². The summed E-state index contributed by atoms with van der Waals surface area (Å²) >= 11 is 0. The SMILES string of the molecule is COC(=O)C(N)Cc1ccc2c(c1)OCCO2. The van der Waals surface area contributed by atoms with Gasteiger partial charge in [-0.1, -0.05) is 6.07 Å². The zero-order valence-electron chi connectivity index (χ0n) is 9.64. The average Bonchev–Trinajstić information content (AvgIpc) is 2.37. The lowest BCUT2D eigenvalue weighted by Gasteiger charge is -2.19. The van der Waals surface area contributed by atoms with Crippen LogP contribution in [0.1, 0.15) is 5.56 Å². The van der Waals surface area contributed by atoms with Crippen LogP contribution in [0.5, 0.6) is 11.5 Å². The standard InChI is InChI=1S/C12H15NO4/c1-15-12(14)9(13)6-8-2-3-10-11(7-8)17-5-4-16-10/h2-3,7,9H,4-6,13H2,1H3. The van der Waals surface area contributed by atoms with Crippen LogP contribution in [0, 0.1) is 0 Å². The molecule has 1 aliphatic rings. The molecule has 0 saturated heterocycles. The summed E-state index contributed by atoms with van der Waals surface area (Å²) in [5.74, 6) is 1.01. The molecule has 1 aliphatic heterocycles. The van der Waals surface area contributed by atoms with Gasteiger partial charge < -0.3 is 19.9 Å². The van der Waals surface area contributed by atoms with Gasteiger partial charge >= 0.3 is 5.97 Å². The quantitative estimate of drug-likeness (QED) is 0.775. The molecular weight excluding hydrogens is 222 g/mol. The molecule has 1 aromatic carbocycles. The van der Waals surface area contributed by atoms with Crippen molar-refractivity contribution in [3.63, 3.8) is 0 Å². The largest absolute Gasteiger partial charge is 0.486 e. The smallest absolute Gasteiger partial charge is 0.322 e. The van der Waals surface area contributed by atoms with Gasteiger partial charge in [-0.2, -0.15) is 0 Å². The molecule has 0 bridgehead atoms. The molecule has 0 aliphatic carbocycles. The molecular formula is C12H15NO4. The maximum absolute atomic E-state index is 11.2. The number of fused-ring (bicyclic) bond motifs is 1. The molecule has 0 amide bonds. The molecule has 17 heavy (non-hydrogen) atoms. The Balaban J connectivity index is 2.09. The molecule has 2 rings (SSSR count). The van der Waals surface area contributed by atoms with Crippen LogP contribution in [0.3, 0.4) is 0 Å². The Hall–Kier alpha value is -1.75. The van der Waals surface area contributed by atoms with Crippen LogP contribution in [-0.4, -0.2) is 32.3 Å². The summed E-state index contributed by atoms with van der Waals surface area (Å²) in [7, 11) is 1.33. The minimum atomic E-state index is -0.650. The number of hydrogen-bond acceptors (Lipinski definition) is 5. The lowest BCUT2D eigenvalue weighted by Crippen LogP contribution is -2.33. The van der Waals surface area contributed by atoms with Crippen molar-refractivity contribution >= 4 is 5.97 Å². The Kier molecular flexibility index (Phi) is 3.49. The molecule has 92 valence electrons. The van der Waals surface area contributed by atoms with Crippen LogP contribution in [0.4, 0.5) is 0 Å². The van der Waals surface area contributed by atoms with Crippen LogP contribution in [0.15, 0.2) is 18.2 Å². The lowest BCUT2D eigenvalue weighted by molar-refractivity contribution is -0.142. The Morgan fingerprint density at radius 3 is 2.82 bits per heavy atom. The first-order valence-electron chi connectivity index (χ1n) is 5.42. The van der Waals surface area contributed by atoms with E-state index in [1.165, 1.54) is 7.11 Å². The van der Waals surface area contributed by atoms with Gasteiger partial charge in [0.15, 0.2) is 11.5 Å². The highest BCUT2D eigenvalue weighted by Gasteiger charge is 2.17. The molecule has 1 atom stereocenters. The molecule has 2 N–H and O–H groups in total. The van der Waals surface area contributed by atoms with E-state index >= 15 is 0 Å². The van der Waals surface area contributed by atoms with Gasteiger partial charge in [0.2, 0.25) is 0 Å². The van der Waals surface area contributed by atoms with Crippen LogP contribution >= 0.6 is 0 Å². The molecule has 0 radical (unpaired) electrons. The number of carbonyl (C=O) groups is 1. The molecule has 5 nitrogen and oxygen atoms in total. The van der Waals surface area contributed by atoms with E-state index in [1.54, 1.807) is 0 Å². The Labute approximate surface area is 99.5 Å². The first-order valence-corrected chi connectivity index (χ1v) is 5.42. The van der Waals surface area contributed by atoms with Crippen molar-refractivity contribution in [1.82, 2.24) is 0 Å². The molecule has 1 aromatic rings. The topological polar surface area (TPSA) is 70.8 Å². The van der Waals surface area contributed by atoms with Gasteiger partial charge in [0.05, 0.1) is 7.11 Å². The van der Waals surface area contributed by atoms with Crippen LogP contribution in [0.25, 0.3) is 0 Å². The Morgan fingerprint density at radius 1 is 1.41 bits per heavy atom. The van der Waals surface area contributed by atoms with Crippen molar-refractivity contribution in [3.05, 3.63) is 23.8 Å². The average molecular weight is 237 g/mol. The second-order valence-electron chi connectivity index (χ2n) is 3.81. The number of esters is 1. The Bertz CT molecular complexity index is 419. The second-order valence-corrected chi connectivity index (χ2v) is 3.81. The number of ether oxygens (including phenoxy) is 3. The van der Waals surface area contributed by atoms with Crippen molar-refractivity contribution in [2.24, 2.45) is 5.73 Å². The summed E-state index contributed by atoms with van der Waals surface area (Å²) in [6.07, 6.45) is 0.420. The van der Waals surface area contributed by atoms with Crippen molar-refractivity contribution in [2.75, 3.05) is 20.3 Å². The third-order valence-electron chi connectivity index (χ3n) is 2.57. The lowest BCUT2D eigenvalue weighted by atomic mass is 10.1. The van der Waals surface area contributed by atoms with Crippen LogP contribution in [-0.2, 0) is 16.0 Å². The van der Waals surface area contributed by atoms with E-state index in [4.69, 9.17) is 15.2 Å². The van der Waals surface area contributed by atoms with Crippen molar-refractivity contribution in [3.8, 4) is 11.5 Å². The van der Waals surface area contributed by atoms with E-state index < -0.39 is 12.0 Å². The molecule has 1 heterocycles. The van der Waals surface area contributed by atoms with Crippen molar-refractivity contribution < 1.29 is 19.0 Å². The summed E-state index contributed by atoms with van der Waals surface area (Å²) in [5.41, 5.74) is 6.61. The predicted octanol–water partition coefficient (Wildman–Crippen LogP) is 0.501. The highest BCUT2D eigenvalue weighted by Crippen LogP contribution is 2.30. The van der Waals surface area contributed by atoms with Gasteiger partial charge in [-0.15, -0.1) is 0 Å². The van der Waals surface area contributed by atoms with Gasteiger partial charge in [0.1, 0.15) is 19.3 Å². The number of nitrogens with two attached hydrogens (primary N) is 1. The fraction of sp³-hybridized carbons (Fsp3) is 0.417. The first-order chi connectivity index (χ1) is 8.20. The van der Waals surface area contributed by atoms with E-state index in [-0.39, 0.29) is 0 Å². The third-order valence-corrected chi connectivity index (χ3v) is 2.57. The van der Waals surface area contributed by atoms with Crippen molar-refractivity contribution in [1.29, 1.82) is 0 Å². The van der Waals surface area contributed by atoms with E-state index in [2.05, 4.69) is 4.74 Å². The zero-order chi connectivity index (χ0) is 12.3. The van der Waals surface area contributed by atoms with E-state index in [0.717, 1.165) is 11.3 Å². The molecule has 0 saturated carbocycles. The second kappa shape index (κ2) is 5.05. The molecule has 5 heteroatoms. The van der Waals surface area contributed by atoms with Gasteiger partial charge in [-0.25, -0.2) is 0 Å². The minimum absolute atomic E-state index is 0.417. The minimum Gasteiger partial charge on any atom is -0.486 e. The summed E-state index contributed by atoms with van der Waals surface area (Å²) in [6, 6.07) is 4.89. The number of hydrogen-bond donors (Lipinski definition) is 1. The fourth-order valence-corrected chi connectivity index (χ4v) is 1.70. The van der Waals surface area contributed by atoms with E-state index in [9.17, 15) is 4.79 Å². The molecule has 0 aromatic heterocycles. The normalized spacial score (nSPS) is 15.2. The molecule has 0 spiro atoms. The Morgan fingerprint density at radius 2 is 2.12 bits per heavy atom. The van der Waals surface area contributed by atoms with Gasteiger partial charge in [-0.3, -0.25) is 4.79 Å². The summed E-state index contributed by atoms with van der Waals surface area (Å²) in [6.45, 7) is 1.10. The predicted molar refractivity (Wildman–Crippen MR) is 61.1 cm³/mol. The zero-order valence-corrected chi connectivity index (χ0v) is 9.64. The number of methoxy groups -OCH3 is 1.